The summed E-state index contributed by atoms with van der Waals surface area (Å²) >= 11 is 0. The van der Waals surface area contributed by atoms with Gasteiger partial charge in [0.2, 0.25) is 0 Å². The van der Waals surface area contributed by atoms with E-state index in [1.54, 1.807) is 0 Å². The first kappa shape index (κ1) is 26.8. The van der Waals surface area contributed by atoms with Crippen LogP contribution in [-0.2, 0) is 36.5 Å². The molecule has 0 rings (SSSR count). The molecule has 0 fully saturated rings. The fourth-order valence-electron chi connectivity index (χ4n) is 0. The second-order valence-corrected chi connectivity index (χ2v) is 0. The Morgan fingerprint density at radius 2 is 1.00 bits per heavy atom. The van der Waals surface area contributed by atoms with Crippen LogP contribution in [0.25, 0.3) is 0 Å². The minimum absolute atomic E-state index is 0. The van der Waals surface area contributed by atoms with Gasteiger partial charge in [0.05, 0.1) is 0 Å². The van der Waals surface area contributed by atoms with Crippen molar-refractivity contribution >= 4 is 66.2 Å². The molecule has 0 unspecified atom stereocenters. The topological polar surface area (TPSA) is 0 Å². The van der Waals surface area contributed by atoms with Crippen molar-refractivity contribution < 1.29 is 36.5 Å². The second-order valence-electron chi connectivity index (χ2n) is 0. The van der Waals surface area contributed by atoms with Gasteiger partial charge in [-0.15, -0.1) is 0 Å². The maximum absolute atomic E-state index is 0. The van der Waals surface area contributed by atoms with Gasteiger partial charge >= 0.3 is 48.9 Å². The number of rotatable bonds is 0. The fourth-order valence-corrected chi connectivity index (χ4v) is 0. The van der Waals surface area contributed by atoms with Crippen LogP contribution in [0.3, 0.4) is 0 Å². The summed E-state index contributed by atoms with van der Waals surface area (Å²) in [5, 5.41) is 0. The maximum atomic E-state index is 0. The van der Waals surface area contributed by atoms with Gasteiger partial charge in [-0.3, -0.25) is 0 Å². The molecule has 23 valence electrons. The van der Waals surface area contributed by atoms with E-state index in [1.807, 2.05) is 0 Å². The first-order chi connectivity index (χ1) is 0. The van der Waals surface area contributed by atoms with E-state index in [4.69, 9.17) is 0 Å². The van der Waals surface area contributed by atoms with Crippen molar-refractivity contribution in [2.45, 2.75) is 0 Å². The molecule has 0 aromatic heterocycles. The Labute approximate surface area is 100 Å². The van der Waals surface area contributed by atoms with Gasteiger partial charge in [-0.25, -0.2) is 0 Å². The third-order valence-electron chi connectivity index (χ3n) is 0. The van der Waals surface area contributed by atoms with E-state index in [0.717, 1.165) is 0 Å². The van der Waals surface area contributed by atoms with Crippen molar-refractivity contribution in [2.24, 2.45) is 0 Å². The molecule has 1 radical (unpaired) electrons. The Morgan fingerprint density at radius 3 is 1.00 bits per heavy atom. The summed E-state index contributed by atoms with van der Waals surface area (Å²) in [6.07, 6.45) is 0. The second kappa shape index (κ2) is 16.3. The summed E-state index contributed by atoms with van der Waals surface area (Å²) < 4.78 is 0. The van der Waals surface area contributed by atoms with Crippen LogP contribution in [0.2, 0.25) is 0 Å². The third kappa shape index (κ3) is 8.98. The zero-order chi connectivity index (χ0) is 0. The zero-order valence-corrected chi connectivity index (χ0v) is 4.92. The van der Waals surface area contributed by atoms with E-state index in [9.17, 15) is 0 Å². The monoisotopic (exact) mass is 297 g/mol. The summed E-state index contributed by atoms with van der Waals surface area (Å²) in [5.41, 5.74) is 0. The molecule has 0 aliphatic carbocycles. The Bertz CT molecular complexity index is 8.00. The molecule has 0 saturated heterocycles. The summed E-state index contributed by atoms with van der Waals surface area (Å²) in [6.45, 7) is 0. The van der Waals surface area contributed by atoms with Crippen LogP contribution in [0, 0.1) is 0 Å². The van der Waals surface area contributed by atoms with Crippen molar-refractivity contribution in [3.05, 3.63) is 0 Å². The third-order valence-corrected chi connectivity index (χ3v) is 0. The summed E-state index contributed by atoms with van der Waals surface area (Å²) in [6, 6.07) is 0. The van der Waals surface area contributed by atoms with E-state index in [-0.39, 0.29) is 103 Å². The molecule has 4 heavy (non-hydrogen) atoms. The van der Waals surface area contributed by atoms with Crippen LogP contribution in [0.1, 0.15) is 0 Å². The standard InChI is InChI=1S/Al.Ba.Cu.Zn.5H. The van der Waals surface area contributed by atoms with Crippen LogP contribution >= 0.6 is 0 Å². The van der Waals surface area contributed by atoms with Crippen LogP contribution < -0.4 is 0 Å². The average Bonchev–Trinajstić information content (AvgIpc) is 0. The largest absolute Gasteiger partial charge is 0 e. The normalized spacial score (nSPS) is 0. The Morgan fingerprint density at radius 1 is 1.00 bits per heavy atom. The number of hydrogen-bond acceptors (Lipinski definition) is 0. The van der Waals surface area contributed by atoms with Crippen molar-refractivity contribution in [1.29, 1.82) is 0 Å². The van der Waals surface area contributed by atoms with Gasteiger partial charge < -0.3 is 0 Å². The zero-order valence-electron chi connectivity index (χ0n) is 1.01. The SMILES string of the molecule is [AlH3].[BaH2].[Cu].[Zn]. The Kier molecular flexibility index (Phi) is 109. The smallest absolute Gasteiger partial charge is 0 e. The van der Waals surface area contributed by atoms with E-state index < -0.39 is 0 Å². The van der Waals surface area contributed by atoms with Gasteiger partial charge in [0.15, 0.2) is 17.4 Å². The van der Waals surface area contributed by atoms with Crippen LogP contribution in [-0.4, -0.2) is 66.2 Å². The van der Waals surface area contributed by atoms with Crippen LogP contribution in [0.15, 0.2) is 0 Å². The summed E-state index contributed by atoms with van der Waals surface area (Å²) in [5.74, 6) is 0. The molecule has 0 bridgehead atoms. The quantitative estimate of drug-likeness (QED) is 0.449. The van der Waals surface area contributed by atoms with Crippen molar-refractivity contribution in [3.63, 3.8) is 0 Å². The van der Waals surface area contributed by atoms with E-state index >= 15 is 0 Å². The number of hydrogen-bond donors (Lipinski definition) is 0. The molecule has 4 heteroatoms. The molecule has 0 aliphatic heterocycles. The van der Waals surface area contributed by atoms with E-state index in [2.05, 4.69) is 0 Å². The molecule has 0 aromatic carbocycles. The van der Waals surface area contributed by atoms with E-state index in [1.165, 1.54) is 0 Å². The molecule has 0 atom stereocenters. The minimum atomic E-state index is 0. The molecule has 0 heterocycles. The Hall–Kier alpha value is 3.25. The van der Waals surface area contributed by atoms with Crippen molar-refractivity contribution in [3.8, 4) is 0 Å². The molecule has 0 spiro atoms. The Balaban J connectivity index is 0. The van der Waals surface area contributed by atoms with Gasteiger partial charge in [0, 0.05) is 36.5 Å². The maximum Gasteiger partial charge on any atom is 0 e. The summed E-state index contributed by atoms with van der Waals surface area (Å²) in [4.78, 5) is 0. The van der Waals surface area contributed by atoms with Gasteiger partial charge in [0.25, 0.3) is 0 Å². The van der Waals surface area contributed by atoms with Gasteiger partial charge in [0.1, 0.15) is 0 Å². The molecule has 0 N–H and O–H groups in total. The minimum Gasteiger partial charge on any atom is 0 e. The molecule has 0 nitrogen and oxygen atoms in total. The fraction of sp³-hybridized carbons (Fsp3) is 0. The van der Waals surface area contributed by atoms with Gasteiger partial charge in [-0.2, -0.15) is 0 Å². The first-order valence-electron chi connectivity index (χ1n) is 0. The van der Waals surface area contributed by atoms with Gasteiger partial charge in [-0.1, -0.05) is 0 Å². The molecule has 0 amide bonds. The predicted octanol–water partition coefficient (Wildman–Crippen LogP) is -2.11. The van der Waals surface area contributed by atoms with Crippen molar-refractivity contribution in [2.75, 3.05) is 0 Å². The van der Waals surface area contributed by atoms with Crippen molar-refractivity contribution in [1.82, 2.24) is 0 Å². The van der Waals surface area contributed by atoms with Gasteiger partial charge in [-0.05, 0) is 0 Å². The molecule has 0 aliphatic rings. The molecule has 0 saturated carbocycles. The van der Waals surface area contributed by atoms with E-state index in [0.29, 0.717) is 0 Å². The van der Waals surface area contributed by atoms with Crippen LogP contribution in [0.4, 0.5) is 0 Å². The molecular weight excluding hydrogens is 293 g/mol. The predicted molar refractivity (Wildman–Crippen MR) is 18.5 cm³/mol. The molecule has 0 aromatic rings. The molecular formula is H5AlBaCuZn. The summed E-state index contributed by atoms with van der Waals surface area (Å²) in [7, 11) is 0. The first-order valence-corrected chi connectivity index (χ1v) is 0. The average molecular weight is 298 g/mol. The van der Waals surface area contributed by atoms with Crippen LogP contribution in [0.5, 0.6) is 0 Å².